The summed E-state index contributed by atoms with van der Waals surface area (Å²) in [5.41, 5.74) is 4.35. The summed E-state index contributed by atoms with van der Waals surface area (Å²) in [5.74, 6) is 0.399. The van der Waals surface area contributed by atoms with Crippen LogP contribution in [0, 0.1) is 6.92 Å². The van der Waals surface area contributed by atoms with Crippen molar-refractivity contribution < 1.29 is 4.79 Å². The van der Waals surface area contributed by atoms with Crippen LogP contribution < -0.4 is 10.6 Å². The number of aromatic nitrogens is 6. The molecule has 1 fully saturated rings. The lowest BCUT2D eigenvalue weighted by molar-refractivity contribution is -0.128. The number of rotatable bonds is 5. The molecule has 2 atom stereocenters. The molecule has 0 aliphatic carbocycles. The maximum atomic E-state index is 14.2. The minimum absolute atomic E-state index is 0.0402. The molecule has 0 saturated carbocycles. The standard InChI is InChI=1S/C32H33ClN8O2/c1-7-25(42)39-15-20(6)40(16-19(39)5)30-23-13-24(33)28(22-10-8-9-21-14-35-38-27(21)22)36-31(23)41(32(43)37-30)29-18(4)11-12-34-26(29)17(2)3/h7-14,17,19-20H,1,15-16H2,2-6H3,(H,35,38)/t19-,20+/m1/s1. The Labute approximate surface area is 254 Å². The van der Waals surface area contributed by atoms with Gasteiger partial charge >= 0.3 is 5.69 Å². The lowest BCUT2D eigenvalue weighted by atomic mass is 10.0. The average Bonchev–Trinajstić information content (AvgIpc) is 3.47. The van der Waals surface area contributed by atoms with E-state index < -0.39 is 5.69 Å². The van der Waals surface area contributed by atoms with Gasteiger partial charge in [-0.3, -0.25) is 14.9 Å². The topological polar surface area (TPSA) is 113 Å². The van der Waals surface area contributed by atoms with Crippen molar-refractivity contribution in [3.8, 4) is 16.9 Å². The molecule has 1 saturated heterocycles. The lowest BCUT2D eigenvalue weighted by Gasteiger charge is -2.44. The van der Waals surface area contributed by atoms with Gasteiger partial charge in [0.05, 0.1) is 39.2 Å². The third kappa shape index (κ3) is 4.75. The summed E-state index contributed by atoms with van der Waals surface area (Å²) in [4.78, 5) is 45.0. The molecule has 11 heteroatoms. The van der Waals surface area contributed by atoms with E-state index in [0.717, 1.165) is 27.7 Å². The quantitative estimate of drug-likeness (QED) is 0.270. The Hall–Kier alpha value is -4.57. The number of carbonyl (C=O) groups is 1. The first-order valence-electron chi connectivity index (χ1n) is 14.3. The zero-order valence-electron chi connectivity index (χ0n) is 24.8. The Balaban J connectivity index is 1.66. The van der Waals surface area contributed by atoms with Gasteiger partial charge in [0.2, 0.25) is 5.91 Å². The second-order valence-corrected chi connectivity index (χ2v) is 11.9. The molecule has 5 aromatic rings. The van der Waals surface area contributed by atoms with Crippen molar-refractivity contribution in [2.45, 2.75) is 52.6 Å². The second-order valence-electron chi connectivity index (χ2n) is 11.4. The highest BCUT2D eigenvalue weighted by Gasteiger charge is 2.34. The van der Waals surface area contributed by atoms with Gasteiger partial charge in [0, 0.05) is 42.3 Å². The molecular weight excluding hydrogens is 564 g/mol. The molecule has 1 aliphatic rings. The molecule has 0 unspecified atom stereocenters. The van der Waals surface area contributed by atoms with Crippen LogP contribution in [0.1, 0.15) is 44.9 Å². The Bertz CT molecular complexity index is 1960. The van der Waals surface area contributed by atoms with Crippen molar-refractivity contribution in [3.05, 3.63) is 82.1 Å². The number of pyridine rings is 2. The fourth-order valence-electron chi connectivity index (χ4n) is 6.01. The number of carbonyl (C=O) groups excluding carboxylic acids is 1. The molecule has 220 valence electrons. The summed E-state index contributed by atoms with van der Waals surface area (Å²) in [6.07, 6.45) is 4.84. The molecule has 0 bridgehead atoms. The van der Waals surface area contributed by atoms with Crippen molar-refractivity contribution in [3.63, 3.8) is 0 Å². The maximum absolute atomic E-state index is 14.2. The first kappa shape index (κ1) is 28.5. The van der Waals surface area contributed by atoms with Crippen LogP contribution in [0.5, 0.6) is 0 Å². The maximum Gasteiger partial charge on any atom is 0.355 e. The summed E-state index contributed by atoms with van der Waals surface area (Å²) in [6.45, 7) is 14.6. The molecule has 1 aliphatic heterocycles. The molecule has 5 heterocycles. The van der Waals surface area contributed by atoms with Gasteiger partial charge in [0.1, 0.15) is 5.82 Å². The summed E-state index contributed by atoms with van der Waals surface area (Å²) in [6, 6.07) is 9.28. The molecule has 1 aromatic carbocycles. The number of aromatic amines is 1. The van der Waals surface area contributed by atoms with Crippen molar-refractivity contribution in [2.24, 2.45) is 0 Å². The van der Waals surface area contributed by atoms with Crippen LogP contribution in [0.2, 0.25) is 5.02 Å². The van der Waals surface area contributed by atoms with Crippen LogP contribution >= 0.6 is 11.6 Å². The van der Waals surface area contributed by atoms with E-state index in [1.807, 2.05) is 65.0 Å². The molecule has 10 nitrogen and oxygen atoms in total. The van der Waals surface area contributed by atoms with Crippen LogP contribution in [0.25, 0.3) is 38.9 Å². The highest BCUT2D eigenvalue weighted by molar-refractivity contribution is 6.34. The van der Waals surface area contributed by atoms with Crippen molar-refractivity contribution in [2.75, 3.05) is 18.0 Å². The van der Waals surface area contributed by atoms with E-state index in [4.69, 9.17) is 16.6 Å². The van der Waals surface area contributed by atoms with E-state index in [1.54, 1.807) is 21.9 Å². The van der Waals surface area contributed by atoms with Gasteiger partial charge in [0.25, 0.3) is 0 Å². The number of piperazine rings is 1. The SMILES string of the molecule is C=CC(=O)N1C[C@H](C)N(c2nc(=O)n(-c3c(C)ccnc3C(C)C)c3nc(-c4cccc5cn[nH]c45)c(Cl)cc23)C[C@H]1C. The lowest BCUT2D eigenvalue weighted by Crippen LogP contribution is -2.58. The van der Waals surface area contributed by atoms with Gasteiger partial charge in [-0.25, -0.2) is 14.3 Å². The smallest absolute Gasteiger partial charge is 0.349 e. The monoisotopic (exact) mass is 596 g/mol. The molecule has 0 radical (unpaired) electrons. The van der Waals surface area contributed by atoms with Crippen LogP contribution in [0.15, 0.2) is 60.2 Å². The van der Waals surface area contributed by atoms with E-state index in [1.165, 1.54) is 6.08 Å². The van der Waals surface area contributed by atoms with Gasteiger partial charge in [-0.2, -0.15) is 10.1 Å². The van der Waals surface area contributed by atoms with Crippen molar-refractivity contribution in [1.82, 2.24) is 34.6 Å². The van der Waals surface area contributed by atoms with E-state index in [9.17, 15) is 9.59 Å². The molecule has 43 heavy (non-hydrogen) atoms. The zero-order chi connectivity index (χ0) is 30.6. The second kappa shape index (κ2) is 10.9. The number of hydrogen-bond donors (Lipinski definition) is 1. The number of nitrogens with one attached hydrogen (secondary N) is 1. The van der Waals surface area contributed by atoms with Gasteiger partial charge in [-0.05, 0) is 50.5 Å². The van der Waals surface area contributed by atoms with Gasteiger partial charge in [-0.15, -0.1) is 0 Å². The first-order chi connectivity index (χ1) is 20.6. The summed E-state index contributed by atoms with van der Waals surface area (Å²) in [7, 11) is 0. The number of anilines is 1. The number of amides is 1. The minimum Gasteiger partial charge on any atom is -0.349 e. The van der Waals surface area contributed by atoms with Crippen LogP contribution in [0.3, 0.4) is 0 Å². The Morgan fingerprint density at radius 3 is 2.70 bits per heavy atom. The number of benzene rings is 1. The van der Waals surface area contributed by atoms with Crippen LogP contribution in [0.4, 0.5) is 5.82 Å². The molecular formula is C32H33ClN8O2. The van der Waals surface area contributed by atoms with E-state index >= 15 is 0 Å². The number of para-hydroxylation sites is 1. The predicted molar refractivity (Wildman–Crippen MR) is 170 cm³/mol. The van der Waals surface area contributed by atoms with Crippen LogP contribution in [-0.2, 0) is 4.79 Å². The molecule has 0 spiro atoms. The number of hydrogen-bond acceptors (Lipinski definition) is 7. The fraction of sp³-hybridized carbons (Fsp3) is 0.312. The van der Waals surface area contributed by atoms with Gasteiger partial charge < -0.3 is 9.80 Å². The third-order valence-corrected chi connectivity index (χ3v) is 8.46. The molecule has 1 N–H and O–H groups in total. The largest absolute Gasteiger partial charge is 0.355 e. The highest BCUT2D eigenvalue weighted by atomic mass is 35.5. The normalized spacial score (nSPS) is 17.3. The molecule has 4 aromatic heterocycles. The number of halogens is 1. The van der Waals surface area contributed by atoms with Gasteiger partial charge in [-0.1, -0.05) is 50.2 Å². The summed E-state index contributed by atoms with van der Waals surface area (Å²) >= 11 is 7.01. The summed E-state index contributed by atoms with van der Waals surface area (Å²) < 4.78 is 1.56. The average molecular weight is 597 g/mol. The fourth-order valence-corrected chi connectivity index (χ4v) is 6.27. The first-order valence-corrected chi connectivity index (χ1v) is 14.7. The number of fused-ring (bicyclic) bond motifs is 2. The van der Waals surface area contributed by atoms with E-state index in [0.29, 0.717) is 46.3 Å². The predicted octanol–water partition coefficient (Wildman–Crippen LogP) is 5.42. The Morgan fingerprint density at radius 2 is 1.95 bits per heavy atom. The van der Waals surface area contributed by atoms with E-state index in [2.05, 4.69) is 31.6 Å². The third-order valence-electron chi connectivity index (χ3n) is 8.17. The van der Waals surface area contributed by atoms with Gasteiger partial charge in [0.15, 0.2) is 5.65 Å². The van der Waals surface area contributed by atoms with Crippen molar-refractivity contribution in [1.29, 1.82) is 0 Å². The Kier molecular flexibility index (Phi) is 7.25. The van der Waals surface area contributed by atoms with Crippen LogP contribution in [-0.4, -0.2) is 65.7 Å². The zero-order valence-corrected chi connectivity index (χ0v) is 25.6. The number of aryl methyl sites for hydroxylation is 1. The summed E-state index contributed by atoms with van der Waals surface area (Å²) in [5, 5.41) is 9.23. The highest BCUT2D eigenvalue weighted by Crippen LogP contribution is 2.37. The Morgan fingerprint density at radius 1 is 1.16 bits per heavy atom. The molecule has 6 rings (SSSR count). The van der Waals surface area contributed by atoms with E-state index in [-0.39, 0.29) is 23.9 Å². The number of nitrogens with zero attached hydrogens (tertiary/aromatic N) is 7. The van der Waals surface area contributed by atoms with Crippen molar-refractivity contribution >= 4 is 45.3 Å². The minimum atomic E-state index is -0.467. The number of H-pyrrole nitrogens is 1. The molecule has 1 amide bonds.